The minimum atomic E-state index is -3.79. The molecule has 2 aliphatic heterocycles. The van der Waals surface area contributed by atoms with Crippen LogP contribution in [0.1, 0.15) is 53.3 Å². The number of fused-ring (bicyclic) bond motifs is 1. The minimum absolute atomic E-state index is 0.0424. The highest BCUT2D eigenvalue weighted by Crippen LogP contribution is 2.25. The molecule has 3 amide bonds. The molecule has 10 heteroatoms. The zero-order valence-electron chi connectivity index (χ0n) is 18.1. The number of carbonyl (C=O) groups is 3. The topological polar surface area (TPSA) is 125 Å². The van der Waals surface area contributed by atoms with Gasteiger partial charge in [0.1, 0.15) is 11.9 Å². The van der Waals surface area contributed by atoms with Crippen LogP contribution in [-0.4, -0.2) is 49.5 Å². The maximum Gasteiger partial charge on any atom is 0.262 e. The van der Waals surface area contributed by atoms with Gasteiger partial charge in [0.2, 0.25) is 5.91 Å². The Balaban J connectivity index is 1.42. The molecule has 4 rings (SSSR count). The molecule has 0 spiro atoms. The van der Waals surface area contributed by atoms with Gasteiger partial charge in [0.05, 0.1) is 16.0 Å². The summed E-state index contributed by atoms with van der Waals surface area (Å²) < 4.78 is 27.8. The second-order valence-corrected chi connectivity index (χ2v) is 9.64. The van der Waals surface area contributed by atoms with Crippen LogP contribution in [0.15, 0.2) is 58.4 Å². The van der Waals surface area contributed by atoms with Crippen LogP contribution in [0.5, 0.6) is 0 Å². The molecule has 9 nitrogen and oxygen atoms in total. The van der Waals surface area contributed by atoms with Gasteiger partial charge in [-0.25, -0.2) is 8.42 Å². The van der Waals surface area contributed by atoms with Crippen molar-refractivity contribution in [3.05, 3.63) is 59.7 Å². The molecule has 1 atom stereocenters. The van der Waals surface area contributed by atoms with Gasteiger partial charge in [-0.1, -0.05) is 18.6 Å². The van der Waals surface area contributed by atoms with Gasteiger partial charge in [-0.3, -0.25) is 29.0 Å². The lowest BCUT2D eigenvalue weighted by Crippen LogP contribution is -2.45. The van der Waals surface area contributed by atoms with Crippen molar-refractivity contribution in [1.82, 2.24) is 9.62 Å². The van der Waals surface area contributed by atoms with Gasteiger partial charge in [0.15, 0.2) is 0 Å². The molecule has 33 heavy (non-hydrogen) atoms. The van der Waals surface area contributed by atoms with Gasteiger partial charge < -0.3 is 5.32 Å². The number of hydrogen-bond acceptors (Lipinski definition) is 6. The summed E-state index contributed by atoms with van der Waals surface area (Å²) in [5.74, 6) is -1.15. The molecule has 1 unspecified atom stereocenters. The highest BCUT2D eigenvalue weighted by molar-refractivity contribution is 7.90. The smallest absolute Gasteiger partial charge is 0.262 e. The number of rotatable bonds is 5. The van der Waals surface area contributed by atoms with Crippen molar-refractivity contribution in [3.63, 3.8) is 0 Å². The van der Waals surface area contributed by atoms with Crippen molar-refractivity contribution in [2.24, 2.45) is 4.99 Å². The van der Waals surface area contributed by atoms with Crippen molar-refractivity contribution < 1.29 is 22.8 Å². The van der Waals surface area contributed by atoms with Crippen LogP contribution in [0.2, 0.25) is 0 Å². The maximum atomic E-state index is 12.7. The summed E-state index contributed by atoms with van der Waals surface area (Å²) in [6, 6.07) is 11.0. The predicted molar refractivity (Wildman–Crippen MR) is 123 cm³/mol. The Morgan fingerprint density at radius 1 is 0.970 bits per heavy atom. The lowest BCUT2D eigenvalue weighted by molar-refractivity contribution is -0.119. The number of benzene rings is 2. The van der Waals surface area contributed by atoms with Crippen molar-refractivity contribution in [2.75, 3.05) is 11.9 Å². The highest BCUT2D eigenvalue weighted by atomic mass is 32.2. The van der Waals surface area contributed by atoms with Gasteiger partial charge in [-0.2, -0.15) is 0 Å². The molecule has 2 heterocycles. The highest BCUT2D eigenvalue weighted by Gasteiger charge is 2.40. The number of carbonyl (C=O) groups excluding carboxylic acids is 3. The number of hydrogen-bond donors (Lipinski definition) is 2. The van der Waals surface area contributed by atoms with E-state index in [1.807, 2.05) is 0 Å². The first-order valence-electron chi connectivity index (χ1n) is 10.7. The molecule has 2 aromatic carbocycles. The molecule has 0 radical (unpaired) electrons. The van der Waals surface area contributed by atoms with E-state index in [0.29, 0.717) is 24.5 Å². The summed E-state index contributed by atoms with van der Waals surface area (Å²) in [4.78, 5) is 43.1. The molecule has 0 saturated heterocycles. The van der Waals surface area contributed by atoms with Crippen LogP contribution in [0.4, 0.5) is 5.69 Å². The fourth-order valence-electron chi connectivity index (χ4n) is 3.81. The first kappa shape index (κ1) is 22.7. The van der Waals surface area contributed by atoms with Crippen LogP contribution in [-0.2, 0) is 14.8 Å². The lowest BCUT2D eigenvalue weighted by atomic mass is 10.1. The van der Waals surface area contributed by atoms with E-state index in [0.717, 1.165) is 24.2 Å². The van der Waals surface area contributed by atoms with Gasteiger partial charge >= 0.3 is 0 Å². The Morgan fingerprint density at radius 2 is 1.61 bits per heavy atom. The Kier molecular flexibility index (Phi) is 6.28. The van der Waals surface area contributed by atoms with Crippen LogP contribution >= 0.6 is 0 Å². The van der Waals surface area contributed by atoms with Gasteiger partial charge in [0, 0.05) is 18.7 Å². The fourth-order valence-corrected chi connectivity index (χ4v) is 4.90. The second kappa shape index (κ2) is 9.14. The largest absolute Gasteiger partial charge is 0.324 e. The molecule has 2 aromatic rings. The molecule has 0 aromatic heterocycles. The minimum Gasteiger partial charge on any atom is -0.324 e. The summed E-state index contributed by atoms with van der Waals surface area (Å²) in [6.45, 7) is 2.07. The van der Waals surface area contributed by atoms with Crippen molar-refractivity contribution in [3.8, 4) is 0 Å². The summed E-state index contributed by atoms with van der Waals surface area (Å²) >= 11 is 0. The number of nitrogens with zero attached hydrogens (tertiary/aromatic N) is 2. The van der Waals surface area contributed by atoms with Gasteiger partial charge in [-0.15, -0.1) is 0 Å². The van der Waals surface area contributed by atoms with Crippen molar-refractivity contribution in [1.29, 1.82) is 0 Å². The second-order valence-electron chi connectivity index (χ2n) is 7.96. The normalized spacial score (nSPS) is 17.1. The Morgan fingerprint density at radius 3 is 2.24 bits per heavy atom. The molecule has 2 aliphatic rings. The fraction of sp³-hybridized carbons (Fsp3) is 0.304. The zero-order valence-corrected chi connectivity index (χ0v) is 18.9. The van der Waals surface area contributed by atoms with E-state index in [1.165, 1.54) is 31.2 Å². The third kappa shape index (κ3) is 4.65. The molecule has 0 aliphatic carbocycles. The number of nitrogens with one attached hydrogen (secondary N) is 2. The summed E-state index contributed by atoms with van der Waals surface area (Å²) in [7, 11) is -3.79. The van der Waals surface area contributed by atoms with Crippen LogP contribution in [0.25, 0.3) is 0 Å². The van der Waals surface area contributed by atoms with E-state index < -0.39 is 33.8 Å². The van der Waals surface area contributed by atoms with Crippen LogP contribution in [0, 0.1) is 0 Å². The summed E-state index contributed by atoms with van der Waals surface area (Å²) in [5, 5.41) is 2.63. The van der Waals surface area contributed by atoms with Crippen LogP contribution in [0.3, 0.4) is 0 Å². The summed E-state index contributed by atoms with van der Waals surface area (Å²) in [5.41, 5.74) is 0.874. The quantitative estimate of drug-likeness (QED) is 0.653. The Bertz CT molecular complexity index is 1200. The lowest BCUT2D eigenvalue weighted by Gasteiger charge is -2.21. The molecule has 172 valence electrons. The first-order valence-corrected chi connectivity index (χ1v) is 12.2. The van der Waals surface area contributed by atoms with Crippen LogP contribution < -0.4 is 10.0 Å². The SMILES string of the molecule is CC(C(=O)Nc1ccc(S(=O)(=O)NC2=NCCCCC2)cc1)N1C(=O)c2ccccc2C1=O. The van der Waals surface area contributed by atoms with E-state index in [4.69, 9.17) is 0 Å². The molecular formula is C23H24N4O5S. The molecule has 0 fully saturated rings. The first-order chi connectivity index (χ1) is 15.8. The Hall–Kier alpha value is -3.53. The third-order valence-corrected chi connectivity index (χ3v) is 7.05. The number of amidine groups is 1. The molecular weight excluding hydrogens is 444 g/mol. The van der Waals surface area contributed by atoms with Gasteiger partial charge in [0.25, 0.3) is 21.8 Å². The zero-order chi connectivity index (χ0) is 23.6. The number of anilines is 1. The monoisotopic (exact) mass is 468 g/mol. The summed E-state index contributed by atoms with van der Waals surface area (Å²) in [6.07, 6.45) is 3.43. The standard InChI is InChI=1S/C23H24N4O5S/c1-15(27-22(29)18-7-4-5-8-19(18)23(27)30)21(28)25-16-10-12-17(13-11-16)33(31,32)26-20-9-3-2-6-14-24-20/h4-5,7-8,10-13,15H,2-3,6,9,14H2,1H3,(H,24,26)(H,25,28). The van der Waals surface area contributed by atoms with Crippen molar-refractivity contribution >= 4 is 39.3 Å². The molecule has 0 saturated carbocycles. The molecule has 2 N–H and O–H groups in total. The van der Waals surface area contributed by atoms with E-state index in [9.17, 15) is 22.8 Å². The average Bonchev–Trinajstić information content (AvgIpc) is 2.94. The third-order valence-electron chi connectivity index (χ3n) is 5.65. The maximum absolute atomic E-state index is 12.7. The number of sulfonamides is 1. The number of aliphatic imine (C=N–C) groups is 1. The number of amides is 3. The van der Waals surface area contributed by atoms with E-state index in [1.54, 1.807) is 24.3 Å². The number of imide groups is 1. The van der Waals surface area contributed by atoms with Crippen molar-refractivity contribution in [2.45, 2.75) is 43.5 Å². The molecule has 0 bridgehead atoms. The average molecular weight is 469 g/mol. The van der Waals surface area contributed by atoms with E-state index in [2.05, 4.69) is 15.0 Å². The van der Waals surface area contributed by atoms with E-state index >= 15 is 0 Å². The predicted octanol–water partition coefficient (Wildman–Crippen LogP) is 2.56. The van der Waals surface area contributed by atoms with Gasteiger partial charge in [-0.05, 0) is 56.2 Å². The van der Waals surface area contributed by atoms with E-state index in [-0.39, 0.29) is 16.0 Å². The Labute approximate surface area is 191 Å².